The van der Waals surface area contributed by atoms with Crippen LogP contribution in [0.25, 0.3) is 0 Å². The summed E-state index contributed by atoms with van der Waals surface area (Å²) in [6.45, 7) is 0. The Labute approximate surface area is 48.3 Å². The van der Waals surface area contributed by atoms with Crippen molar-refractivity contribution in [2.45, 2.75) is 25.3 Å². The van der Waals surface area contributed by atoms with E-state index in [4.69, 9.17) is 11.8 Å². The predicted octanol–water partition coefficient (Wildman–Crippen LogP) is 0.458. The topological polar surface area (TPSA) is 43.5 Å². The average molecular weight is 124 g/mol. The van der Waals surface area contributed by atoms with Crippen molar-refractivity contribution in [2.24, 2.45) is 0 Å². The standard InChI is InChI=1S/C4H8ClN.H2O/c5-6-4-2-1-3-4;/h4,6H,1-3H2;1H2. The molecule has 0 heterocycles. The Morgan fingerprint density at radius 2 is 2.00 bits per heavy atom. The molecular formula is C4H10ClNO. The van der Waals surface area contributed by atoms with Crippen molar-refractivity contribution in [3.63, 3.8) is 0 Å². The smallest absolute Gasteiger partial charge is 0.0220 e. The highest BCUT2D eigenvalue weighted by atomic mass is 35.5. The molecule has 1 aliphatic carbocycles. The normalized spacial score (nSPS) is 20.1. The van der Waals surface area contributed by atoms with Crippen molar-refractivity contribution >= 4 is 11.8 Å². The maximum Gasteiger partial charge on any atom is 0.0220 e. The first-order chi connectivity index (χ1) is 2.93. The Bertz CT molecular complexity index is 44.2. The van der Waals surface area contributed by atoms with Crippen LogP contribution < -0.4 is 4.84 Å². The fourth-order valence-electron chi connectivity index (χ4n) is 0.517. The maximum atomic E-state index is 5.25. The molecule has 1 aliphatic rings. The second-order valence-corrected chi connectivity index (χ2v) is 1.96. The van der Waals surface area contributed by atoms with Crippen LogP contribution in [0.15, 0.2) is 0 Å². The SMILES string of the molecule is ClNC1CCC1.O. The van der Waals surface area contributed by atoms with E-state index in [9.17, 15) is 0 Å². The Balaban J connectivity index is 0.000000360. The summed E-state index contributed by atoms with van der Waals surface area (Å²) in [5.41, 5.74) is 0. The van der Waals surface area contributed by atoms with Gasteiger partial charge in [0, 0.05) is 6.04 Å². The minimum Gasteiger partial charge on any atom is -0.412 e. The van der Waals surface area contributed by atoms with Gasteiger partial charge in [-0.25, -0.2) is 4.84 Å². The number of rotatable bonds is 1. The molecule has 0 radical (unpaired) electrons. The lowest BCUT2D eigenvalue weighted by Gasteiger charge is -2.22. The maximum absolute atomic E-state index is 5.25. The molecule has 1 rings (SSSR count). The number of hydrogen-bond donors (Lipinski definition) is 1. The van der Waals surface area contributed by atoms with E-state index in [0.717, 1.165) is 0 Å². The Hall–Kier alpha value is 0.210. The molecule has 44 valence electrons. The minimum atomic E-state index is 0. The zero-order chi connectivity index (χ0) is 4.41. The van der Waals surface area contributed by atoms with Crippen LogP contribution in [0.4, 0.5) is 0 Å². The van der Waals surface area contributed by atoms with E-state index in [2.05, 4.69) is 4.84 Å². The Morgan fingerprint density at radius 1 is 1.43 bits per heavy atom. The molecule has 2 nitrogen and oxygen atoms in total. The highest BCUT2D eigenvalue weighted by Crippen LogP contribution is 2.17. The Kier molecular flexibility index (Phi) is 3.34. The van der Waals surface area contributed by atoms with Crippen molar-refractivity contribution < 1.29 is 5.48 Å². The largest absolute Gasteiger partial charge is 0.412 e. The zero-order valence-electron chi connectivity index (χ0n) is 4.08. The van der Waals surface area contributed by atoms with E-state index >= 15 is 0 Å². The summed E-state index contributed by atoms with van der Waals surface area (Å²) in [6, 6.07) is 0.631. The van der Waals surface area contributed by atoms with Gasteiger partial charge in [-0.1, -0.05) is 6.42 Å². The molecule has 0 amide bonds. The Morgan fingerprint density at radius 3 is 2.00 bits per heavy atom. The van der Waals surface area contributed by atoms with Gasteiger partial charge >= 0.3 is 0 Å². The molecule has 0 bridgehead atoms. The van der Waals surface area contributed by atoms with Crippen LogP contribution in [-0.2, 0) is 0 Å². The fourth-order valence-corrected chi connectivity index (χ4v) is 0.736. The monoisotopic (exact) mass is 123 g/mol. The van der Waals surface area contributed by atoms with Crippen molar-refractivity contribution in [3.05, 3.63) is 0 Å². The summed E-state index contributed by atoms with van der Waals surface area (Å²) in [7, 11) is 0. The van der Waals surface area contributed by atoms with Crippen LogP contribution in [0, 0.1) is 0 Å². The van der Waals surface area contributed by atoms with E-state index in [1.54, 1.807) is 0 Å². The van der Waals surface area contributed by atoms with Gasteiger partial charge in [0.2, 0.25) is 0 Å². The van der Waals surface area contributed by atoms with Gasteiger partial charge in [-0.3, -0.25) is 0 Å². The quantitative estimate of drug-likeness (QED) is 0.506. The minimum absolute atomic E-state index is 0. The predicted molar refractivity (Wildman–Crippen MR) is 30.2 cm³/mol. The van der Waals surface area contributed by atoms with Gasteiger partial charge < -0.3 is 5.48 Å². The summed E-state index contributed by atoms with van der Waals surface area (Å²) in [4.78, 5) is 2.67. The molecule has 0 saturated heterocycles. The van der Waals surface area contributed by atoms with Crippen molar-refractivity contribution in [2.75, 3.05) is 0 Å². The molecular weight excluding hydrogens is 114 g/mol. The highest BCUT2D eigenvalue weighted by molar-refractivity contribution is 6.13. The molecule has 0 aromatic rings. The van der Waals surface area contributed by atoms with Gasteiger partial charge in [0.05, 0.1) is 0 Å². The zero-order valence-corrected chi connectivity index (χ0v) is 4.83. The van der Waals surface area contributed by atoms with Crippen LogP contribution >= 0.6 is 11.8 Å². The molecule has 0 atom stereocenters. The van der Waals surface area contributed by atoms with E-state index < -0.39 is 0 Å². The van der Waals surface area contributed by atoms with Gasteiger partial charge in [-0.05, 0) is 24.6 Å². The molecule has 1 saturated carbocycles. The van der Waals surface area contributed by atoms with Gasteiger partial charge in [-0.2, -0.15) is 0 Å². The molecule has 3 N–H and O–H groups in total. The molecule has 0 unspecified atom stereocenters. The molecule has 0 spiro atoms. The first-order valence-electron chi connectivity index (χ1n) is 2.29. The molecule has 7 heavy (non-hydrogen) atoms. The fraction of sp³-hybridized carbons (Fsp3) is 1.00. The third-order valence-electron chi connectivity index (χ3n) is 1.26. The third-order valence-corrected chi connectivity index (χ3v) is 1.57. The highest BCUT2D eigenvalue weighted by Gasteiger charge is 2.14. The van der Waals surface area contributed by atoms with Gasteiger partial charge in [0.25, 0.3) is 0 Å². The summed E-state index contributed by atoms with van der Waals surface area (Å²) in [5, 5.41) is 0. The van der Waals surface area contributed by atoms with E-state index in [0.29, 0.717) is 6.04 Å². The number of hydrogen-bond acceptors (Lipinski definition) is 1. The number of nitrogens with one attached hydrogen (secondary N) is 1. The average Bonchev–Trinajstić information content (AvgIpc) is 1.31. The lowest BCUT2D eigenvalue weighted by atomic mass is 9.94. The van der Waals surface area contributed by atoms with Crippen LogP contribution in [0.3, 0.4) is 0 Å². The van der Waals surface area contributed by atoms with Crippen LogP contribution in [0.2, 0.25) is 0 Å². The lowest BCUT2D eigenvalue weighted by Crippen LogP contribution is -2.27. The second-order valence-electron chi connectivity index (χ2n) is 1.74. The molecule has 0 aliphatic heterocycles. The second kappa shape index (κ2) is 3.24. The lowest BCUT2D eigenvalue weighted by molar-refractivity contribution is 0.392. The molecule has 0 aromatic heterocycles. The number of halogens is 1. The third kappa shape index (κ3) is 1.63. The molecule has 3 heteroatoms. The van der Waals surface area contributed by atoms with Crippen LogP contribution in [-0.4, -0.2) is 11.5 Å². The molecule has 0 aromatic carbocycles. The van der Waals surface area contributed by atoms with Crippen LogP contribution in [0.5, 0.6) is 0 Å². The summed E-state index contributed by atoms with van der Waals surface area (Å²) in [6.07, 6.45) is 3.89. The summed E-state index contributed by atoms with van der Waals surface area (Å²) < 4.78 is 0. The summed E-state index contributed by atoms with van der Waals surface area (Å²) in [5.74, 6) is 0. The van der Waals surface area contributed by atoms with Crippen molar-refractivity contribution in [1.29, 1.82) is 0 Å². The van der Waals surface area contributed by atoms with Crippen molar-refractivity contribution in [1.82, 2.24) is 4.84 Å². The first kappa shape index (κ1) is 7.21. The van der Waals surface area contributed by atoms with Gasteiger partial charge in [-0.15, -0.1) is 0 Å². The van der Waals surface area contributed by atoms with E-state index in [1.807, 2.05) is 0 Å². The van der Waals surface area contributed by atoms with Crippen molar-refractivity contribution in [3.8, 4) is 0 Å². The molecule has 1 fully saturated rings. The first-order valence-corrected chi connectivity index (χ1v) is 2.67. The van der Waals surface area contributed by atoms with Gasteiger partial charge in [0.15, 0.2) is 0 Å². The van der Waals surface area contributed by atoms with Gasteiger partial charge in [0.1, 0.15) is 0 Å². The van der Waals surface area contributed by atoms with E-state index in [-0.39, 0.29) is 5.48 Å². The van der Waals surface area contributed by atoms with E-state index in [1.165, 1.54) is 19.3 Å². The summed E-state index contributed by atoms with van der Waals surface area (Å²) >= 11 is 5.25. The van der Waals surface area contributed by atoms with Crippen LogP contribution in [0.1, 0.15) is 19.3 Å².